The first-order chi connectivity index (χ1) is 7.63. The van der Waals surface area contributed by atoms with Crippen LogP contribution < -0.4 is 0 Å². The average Bonchev–Trinajstić information content (AvgIpc) is 2.15. The van der Waals surface area contributed by atoms with E-state index in [0.717, 1.165) is 4.31 Å². The zero-order valence-corrected chi connectivity index (χ0v) is 11.7. The lowest BCUT2D eigenvalue weighted by atomic mass is 10.2. The van der Waals surface area contributed by atoms with Gasteiger partial charge in [0.2, 0.25) is 19.1 Å². The summed E-state index contributed by atoms with van der Waals surface area (Å²) in [5.74, 6) is -0.397. The van der Waals surface area contributed by atoms with Crippen molar-refractivity contribution in [3.63, 3.8) is 0 Å². The number of benzene rings is 1. The molecule has 0 radical (unpaired) electrons. The van der Waals surface area contributed by atoms with Crippen LogP contribution in [0, 0.1) is 0 Å². The molecule has 0 spiro atoms. The molecule has 0 N–H and O–H groups in total. The molecule has 1 aromatic rings. The molecule has 0 aromatic heterocycles. The van der Waals surface area contributed by atoms with E-state index in [1.54, 1.807) is 0 Å². The van der Waals surface area contributed by atoms with Crippen molar-refractivity contribution < 1.29 is 16.8 Å². The second-order valence-corrected chi connectivity index (χ2v) is 8.55. The fourth-order valence-corrected chi connectivity index (χ4v) is 3.13. The molecule has 96 valence electrons. The van der Waals surface area contributed by atoms with Crippen LogP contribution in [-0.2, 0) is 24.8 Å². The van der Waals surface area contributed by atoms with Gasteiger partial charge in [0, 0.05) is 24.8 Å². The van der Waals surface area contributed by atoms with Crippen molar-refractivity contribution in [1.29, 1.82) is 0 Å². The first-order valence-corrected chi connectivity index (χ1v) is 8.48. The summed E-state index contributed by atoms with van der Waals surface area (Å²) in [4.78, 5) is 0.0420. The molecular formula is C9H12ClNO4S2. The molecule has 0 unspecified atom stereocenters. The van der Waals surface area contributed by atoms with E-state index in [4.69, 9.17) is 10.7 Å². The Kier molecular flexibility index (Phi) is 4.19. The molecule has 1 aromatic carbocycles. The molecule has 0 fully saturated rings. The smallest absolute Gasteiger partial charge is 0.212 e. The molecule has 0 heterocycles. The van der Waals surface area contributed by atoms with Gasteiger partial charge >= 0.3 is 0 Å². The van der Waals surface area contributed by atoms with Gasteiger partial charge in [-0.25, -0.2) is 21.1 Å². The highest BCUT2D eigenvalue weighted by molar-refractivity contribution is 8.13. The summed E-state index contributed by atoms with van der Waals surface area (Å²) in [5.41, 5.74) is 0.336. The van der Waals surface area contributed by atoms with Gasteiger partial charge in [0.05, 0.1) is 10.6 Å². The molecule has 1 rings (SSSR count). The lowest BCUT2D eigenvalue weighted by molar-refractivity contribution is 0.520. The van der Waals surface area contributed by atoms with Gasteiger partial charge in [0.15, 0.2) is 0 Å². The summed E-state index contributed by atoms with van der Waals surface area (Å²) in [5, 5.41) is 0. The van der Waals surface area contributed by atoms with Crippen LogP contribution >= 0.6 is 10.7 Å². The first-order valence-electron chi connectivity index (χ1n) is 4.57. The van der Waals surface area contributed by atoms with Gasteiger partial charge in [-0.15, -0.1) is 0 Å². The molecule has 0 saturated carbocycles. The quantitative estimate of drug-likeness (QED) is 0.778. The molecule has 0 amide bonds. The van der Waals surface area contributed by atoms with Crippen LogP contribution in [0.5, 0.6) is 0 Å². The Hall–Kier alpha value is -0.630. The van der Waals surface area contributed by atoms with Crippen LogP contribution in [0.25, 0.3) is 0 Å². The van der Waals surface area contributed by atoms with Crippen LogP contribution in [0.2, 0.25) is 0 Å². The number of hydrogen-bond acceptors (Lipinski definition) is 4. The molecule has 0 aliphatic heterocycles. The first kappa shape index (κ1) is 14.4. The maximum absolute atomic E-state index is 11.8. The molecular weight excluding hydrogens is 286 g/mol. The Morgan fingerprint density at radius 1 is 1.18 bits per heavy atom. The third kappa shape index (κ3) is 3.95. The monoisotopic (exact) mass is 297 g/mol. The molecule has 0 aliphatic rings. The van der Waals surface area contributed by atoms with E-state index < -0.39 is 24.8 Å². The third-order valence-electron chi connectivity index (χ3n) is 2.02. The zero-order valence-electron chi connectivity index (χ0n) is 9.29. The molecule has 17 heavy (non-hydrogen) atoms. The summed E-state index contributed by atoms with van der Waals surface area (Å²) in [6, 6.07) is 5.69. The van der Waals surface area contributed by atoms with Gasteiger partial charge in [-0.3, -0.25) is 0 Å². The molecule has 8 heteroatoms. The third-order valence-corrected chi connectivity index (χ3v) is 4.83. The van der Waals surface area contributed by atoms with E-state index in [0.29, 0.717) is 5.56 Å². The van der Waals surface area contributed by atoms with Crippen molar-refractivity contribution in [2.45, 2.75) is 10.6 Å². The summed E-state index contributed by atoms with van der Waals surface area (Å²) >= 11 is 0. The Bertz CT molecular complexity index is 608. The summed E-state index contributed by atoms with van der Waals surface area (Å²) < 4.78 is 46.4. The van der Waals surface area contributed by atoms with Crippen LogP contribution in [0.3, 0.4) is 0 Å². The normalized spacial score (nSPS) is 12.9. The Balaban J connectivity index is 3.20. The largest absolute Gasteiger partial charge is 0.242 e. The summed E-state index contributed by atoms with van der Waals surface area (Å²) in [6.07, 6.45) is 0. The summed E-state index contributed by atoms with van der Waals surface area (Å²) in [6.45, 7) is 0. The number of halogens is 1. The van der Waals surface area contributed by atoms with E-state index in [-0.39, 0.29) is 4.90 Å². The van der Waals surface area contributed by atoms with Crippen molar-refractivity contribution >= 4 is 29.8 Å². The van der Waals surface area contributed by atoms with Crippen LogP contribution in [0.15, 0.2) is 29.2 Å². The number of sulfonamides is 1. The summed E-state index contributed by atoms with van der Waals surface area (Å²) in [7, 11) is 0.660. The minimum atomic E-state index is -3.70. The van der Waals surface area contributed by atoms with E-state index >= 15 is 0 Å². The van der Waals surface area contributed by atoms with E-state index in [9.17, 15) is 16.8 Å². The van der Waals surface area contributed by atoms with Gasteiger partial charge < -0.3 is 0 Å². The second kappa shape index (κ2) is 4.93. The Morgan fingerprint density at radius 2 is 1.76 bits per heavy atom. The number of nitrogens with zero attached hydrogens (tertiary/aromatic N) is 1. The molecule has 5 nitrogen and oxygen atoms in total. The van der Waals surface area contributed by atoms with Gasteiger partial charge in [-0.05, 0) is 17.7 Å². The number of hydrogen-bond donors (Lipinski definition) is 0. The number of rotatable bonds is 4. The van der Waals surface area contributed by atoms with Crippen molar-refractivity contribution in [2.24, 2.45) is 0 Å². The molecule has 0 saturated heterocycles. The Labute approximate surface area is 105 Å². The van der Waals surface area contributed by atoms with Crippen LogP contribution in [0.1, 0.15) is 5.56 Å². The van der Waals surface area contributed by atoms with E-state index in [1.807, 2.05) is 0 Å². The van der Waals surface area contributed by atoms with Crippen molar-refractivity contribution in [2.75, 3.05) is 14.1 Å². The van der Waals surface area contributed by atoms with Crippen molar-refractivity contribution in [3.8, 4) is 0 Å². The van der Waals surface area contributed by atoms with Crippen molar-refractivity contribution in [3.05, 3.63) is 29.8 Å². The van der Waals surface area contributed by atoms with Gasteiger partial charge in [0.1, 0.15) is 0 Å². The van der Waals surface area contributed by atoms with E-state index in [1.165, 1.54) is 38.4 Å². The van der Waals surface area contributed by atoms with E-state index in [2.05, 4.69) is 0 Å². The fourth-order valence-electron chi connectivity index (χ4n) is 1.21. The SMILES string of the molecule is CN(C)S(=O)(=O)c1cccc(CS(=O)(=O)Cl)c1. The lowest BCUT2D eigenvalue weighted by Crippen LogP contribution is -2.22. The highest BCUT2D eigenvalue weighted by atomic mass is 35.7. The molecule has 0 aliphatic carbocycles. The fraction of sp³-hybridized carbons (Fsp3) is 0.333. The van der Waals surface area contributed by atoms with Gasteiger partial charge in [0.25, 0.3) is 0 Å². The Morgan fingerprint density at radius 3 is 2.24 bits per heavy atom. The topological polar surface area (TPSA) is 71.5 Å². The standard InChI is InChI=1S/C9H12ClNO4S2/c1-11(2)17(14,15)9-5-3-4-8(6-9)7-16(10,12)13/h3-6H,7H2,1-2H3. The average molecular weight is 298 g/mol. The minimum absolute atomic E-state index is 0.0420. The predicted molar refractivity (Wildman–Crippen MR) is 65.8 cm³/mol. The predicted octanol–water partition coefficient (Wildman–Crippen LogP) is 1.01. The second-order valence-electron chi connectivity index (χ2n) is 3.62. The van der Waals surface area contributed by atoms with Crippen molar-refractivity contribution in [1.82, 2.24) is 4.31 Å². The molecule has 0 bridgehead atoms. The maximum atomic E-state index is 11.8. The van der Waals surface area contributed by atoms with Gasteiger partial charge in [-0.1, -0.05) is 12.1 Å². The zero-order chi connectivity index (χ0) is 13.3. The molecule has 0 atom stereocenters. The van der Waals surface area contributed by atoms with Crippen LogP contribution in [0.4, 0.5) is 0 Å². The highest BCUT2D eigenvalue weighted by Crippen LogP contribution is 2.17. The maximum Gasteiger partial charge on any atom is 0.242 e. The van der Waals surface area contributed by atoms with Crippen LogP contribution in [-0.4, -0.2) is 35.2 Å². The minimum Gasteiger partial charge on any atom is -0.212 e. The highest BCUT2D eigenvalue weighted by Gasteiger charge is 2.18. The lowest BCUT2D eigenvalue weighted by Gasteiger charge is -2.11. The van der Waals surface area contributed by atoms with Gasteiger partial charge in [-0.2, -0.15) is 0 Å².